The van der Waals surface area contributed by atoms with E-state index in [1.54, 1.807) is 6.07 Å². The van der Waals surface area contributed by atoms with Gasteiger partial charge in [0.1, 0.15) is 4.21 Å². The number of hydrogen-bond acceptors (Lipinski definition) is 4. The molecule has 21 heavy (non-hydrogen) atoms. The van der Waals surface area contributed by atoms with Gasteiger partial charge in [0, 0.05) is 17.0 Å². The maximum atomic E-state index is 12.6. The van der Waals surface area contributed by atoms with Crippen LogP contribution in [0.25, 0.3) is 0 Å². The predicted molar refractivity (Wildman–Crippen MR) is 90.4 cm³/mol. The first-order valence-electron chi connectivity index (χ1n) is 7.68. The van der Waals surface area contributed by atoms with Crippen LogP contribution in [0.2, 0.25) is 0 Å². The molecule has 1 rings (SSSR count). The number of thiophene rings is 1. The van der Waals surface area contributed by atoms with Gasteiger partial charge in [-0.15, -0.1) is 11.3 Å². The smallest absolute Gasteiger partial charge is 0.250 e. The van der Waals surface area contributed by atoms with Crippen LogP contribution in [0.5, 0.6) is 0 Å². The standard InChI is InChI=1S/C15H28N2O2S2/c1-6-15(7-2,8-3)17-21(18,19)14-10-12(5)13(20-14)11-16-9-4/h10,16-17H,6-9,11H2,1-5H3. The summed E-state index contributed by atoms with van der Waals surface area (Å²) in [5.74, 6) is 0. The Morgan fingerprint density at radius 2 is 1.71 bits per heavy atom. The Morgan fingerprint density at radius 1 is 1.14 bits per heavy atom. The molecule has 4 nitrogen and oxygen atoms in total. The third-order valence-corrected chi connectivity index (χ3v) is 7.47. The lowest BCUT2D eigenvalue weighted by molar-refractivity contribution is 0.342. The summed E-state index contributed by atoms with van der Waals surface area (Å²) >= 11 is 1.37. The van der Waals surface area contributed by atoms with Crippen molar-refractivity contribution in [2.75, 3.05) is 6.54 Å². The summed E-state index contributed by atoms with van der Waals surface area (Å²) < 4.78 is 28.6. The highest BCUT2D eigenvalue weighted by molar-refractivity contribution is 7.91. The molecule has 0 fully saturated rings. The van der Waals surface area contributed by atoms with E-state index < -0.39 is 10.0 Å². The minimum Gasteiger partial charge on any atom is -0.312 e. The van der Waals surface area contributed by atoms with Crippen molar-refractivity contribution in [1.29, 1.82) is 0 Å². The van der Waals surface area contributed by atoms with Gasteiger partial charge in [-0.25, -0.2) is 13.1 Å². The lowest BCUT2D eigenvalue weighted by atomic mass is 9.91. The van der Waals surface area contributed by atoms with E-state index in [0.29, 0.717) is 4.21 Å². The zero-order valence-electron chi connectivity index (χ0n) is 13.7. The van der Waals surface area contributed by atoms with E-state index in [0.717, 1.165) is 42.8 Å². The van der Waals surface area contributed by atoms with Crippen molar-refractivity contribution in [3.8, 4) is 0 Å². The normalized spacial score (nSPS) is 12.8. The summed E-state index contributed by atoms with van der Waals surface area (Å²) in [6, 6.07) is 1.78. The molecule has 0 radical (unpaired) electrons. The Morgan fingerprint density at radius 3 is 2.19 bits per heavy atom. The fourth-order valence-corrected chi connectivity index (χ4v) is 5.51. The second-order valence-corrected chi connectivity index (χ2v) is 8.44. The van der Waals surface area contributed by atoms with Crippen molar-refractivity contribution in [1.82, 2.24) is 10.0 Å². The van der Waals surface area contributed by atoms with Crippen LogP contribution in [-0.2, 0) is 16.6 Å². The minimum atomic E-state index is -3.44. The molecule has 0 aromatic carbocycles. The van der Waals surface area contributed by atoms with Gasteiger partial charge in [0.05, 0.1) is 0 Å². The maximum absolute atomic E-state index is 12.6. The number of aryl methyl sites for hydroxylation is 1. The fraction of sp³-hybridized carbons (Fsp3) is 0.733. The molecule has 0 spiro atoms. The number of rotatable bonds is 9. The van der Waals surface area contributed by atoms with Gasteiger partial charge < -0.3 is 5.32 Å². The SMILES string of the molecule is CCNCc1sc(S(=O)(=O)NC(CC)(CC)CC)cc1C. The third-order valence-electron chi connectivity index (χ3n) is 4.18. The average molecular weight is 333 g/mol. The van der Waals surface area contributed by atoms with E-state index in [9.17, 15) is 8.42 Å². The summed E-state index contributed by atoms with van der Waals surface area (Å²) in [5, 5.41) is 3.25. The van der Waals surface area contributed by atoms with Crippen LogP contribution in [0.1, 0.15) is 57.4 Å². The first kappa shape index (κ1) is 18.6. The molecular weight excluding hydrogens is 304 g/mol. The molecule has 0 unspecified atom stereocenters. The first-order chi connectivity index (χ1) is 9.84. The van der Waals surface area contributed by atoms with Gasteiger partial charge in [-0.1, -0.05) is 27.7 Å². The van der Waals surface area contributed by atoms with Crippen LogP contribution in [0.4, 0.5) is 0 Å². The molecule has 0 amide bonds. The molecule has 0 saturated heterocycles. The molecule has 1 heterocycles. The van der Waals surface area contributed by atoms with Gasteiger partial charge >= 0.3 is 0 Å². The molecular formula is C15H28N2O2S2. The van der Waals surface area contributed by atoms with Crippen molar-refractivity contribution >= 4 is 21.4 Å². The van der Waals surface area contributed by atoms with E-state index >= 15 is 0 Å². The highest BCUT2D eigenvalue weighted by atomic mass is 32.2. The number of hydrogen-bond donors (Lipinski definition) is 2. The molecule has 6 heteroatoms. The Hall–Kier alpha value is -0.430. The van der Waals surface area contributed by atoms with E-state index in [-0.39, 0.29) is 5.54 Å². The van der Waals surface area contributed by atoms with Gasteiger partial charge in [-0.05, 0) is 44.4 Å². The second kappa shape index (κ2) is 7.72. The van der Waals surface area contributed by atoms with E-state index in [2.05, 4.69) is 10.0 Å². The highest BCUT2D eigenvalue weighted by Crippen LogP contribution is 2.29. The Labute approximate surface area is 133 Å². The van der Waals surface area contributed by atoms with Crippen LogP contribution in [0.15, 0.2) is 10.3 Å². The zero-order chi connectivity index (χ0) is 16.1. The van der Waals surface area contributed by atoms with Crippen molar-refractivity contribution in [3.63, 3.8) is 0 Å². The largest absolute Gasteiger partial charge is 0.312 e. The molecule has 0 atom stereocenters. The van der Waals surface area contributed by atoms with Crippen molar-refractivity contribution in [3.05, 3.63) is 16.5 Å². The quantitative estimate of drug-likeness (QED) is 0.728. The van der Waals surface area contributed by atoms with Crippen LogP contribution in [0, 0.1) is 6.92 Å². The van der Waals surface area contributed by atoms with Gasteiger partial charge in [-0.3, -0.25) is 0 Å². The molecule has 0 saturated carbocycles. The number of sulfonamides is 1. The predicted octanol–water partition coefficient (Wildman–Crippen LogP) is 3.41. The topological polar surface area (TPSA) is 58.2 Å². The molecule has 0 aliphatic rings. The first-order valence-corrected chi connectivity index (χ1v) is 9.98. The average Bonchev–Trinajstić information content (AvgIpc) is 2.85. The fourth-order valence-electron chi connectivity index (χ4n) is 2.34. The van der Waals surface area contributed by atoms with Gasteiger partial charge in [0.25, 0.3) is 10.0 Å². The summed E-state index contributed by atoms with van der Waals surface area (Å²) in [7, 11) is -3.44. The molecule has 2 N–H and O–H groups in total. The lowest BCUT2D eigenvalue weighted by Gasteiger charge is -2.30. The van der Waals surface area contributed by atoms with Gasteiger partial charge in [0.15, 0.2) is 0 Å². The van der Waals surface area contributed by atoms with Crippen LogP contribution in [-0.4, -0.2) is 20.5 Å². The highest BCUT2D eigenvalue weighted by Gasteiger charge is 2.31. The monoisotopic (exact) mass is 332 g/mol. The lowest BCUT2D eigenvalue weighted by Crippen LogP contribution is -2.46. The van der Waals surface area contributed by atoms with Crippen molar-refractivity contribution in [2.24, 2.45) is 0 Å². The van der Waals surface area contributed by atoms with Gasteiger partial charge in [-0.2, -0.15) is 0 Å². The summed E-state index contributed by atoms with van der Waals surface area (Å²) in [6.07, 6.45) is 2.40. The zero-order valence-corrected chi connectivity index (χ0v) is 15.4. The molecule has 1 aromatic heterocycles. The van der Waals surface area contributed by atoms with Crippen LogP contribution in [0.3, 0.4) is 0 Å². The summed E-state index contributed by atoms with van der Waals surface area (Å²) in [5.41, 5.74) is 0.704. The molecule has 0 bridgehead atoms. The minimum absolute atomic E-state index is 0.335. The molecule has 1 aromatic rings. The summed E-state index contributed by atoms with van der Waals surface area (Å²) in [4.78, 5) is 1.09. The summed E-state index contributed by atoms with van der Waals surface area (Å²) in [6.45, 7) is 11.7. The van der Waals surface area contributed by atoms with Crippen molar-refractivity contribution in [2.45, 2.75) is 70.2 Å². The van der Waals surface area contributed by atoms with E-state index in [1.807, 2.05) is 34.6 Å². The Balaban J connectivity index is 3.03. The second-order valence-electron chi connectivity index (χ2n) is 5.40. The maximum Gasteiger partial charge on any atom is 0.250 e. The van der Waals surface area contributed by atoms with Crippen LogP contribution < -0.4 is 10.0 Å². The number of nitrogens with one attached hydrogen (secondary N) is 2. The molecule has 122 valence electrons. The molecule has 0 aliphatic carbocycles. The molecule has 0 aliphatic heterocycles. The van der Waals surface area contributed by atoms with Crippen molar-refractivity contribution < 1.29 is 8.42 Å². The van der Waals surface area contributed by atoms with E-state index in [4.69, 9.17) is 0 Å². The van der Waals surface area contributed by atoms with Crippen LogP contribution >= 0.6 is 11.3 Å². The van der Waals surface area contributed by atoms with Gasteiger partial charge in [0.2, 0.25) is 0 Å². The Kier molecular flexibility index (Phi) is 6.84. The third kappa shape index (κ3) is 4.52. The Bertz CT molecular complexity index is 538. The van der Waals surface area contributed by atoms with E-state index in [1.165, 1.54) is 11.3 Å².